The summed E-state index contributed by atoms with van der Waals surface area (Å²) in [6.45, 7) is 0.501. The van der Waals surface area contributed by atoms with Crippen LogP contribution in [0.5, 0.6) is 0 Å². The second-order valence-corrected chi connectivity index (χ2v) is 4.34. The molecule has 0 fully saturated rings. The number of carbonyl (C=O) groups excluding carboxylic acids is 1. The number of rotatable bonds is 3. The number of nitrogens with one attached hydrogen (secondary N) is 1. The van der Waals surface area contributed by atoms with Crippen molar-refractivity contribution in [1.29, 1.82) is 5.26 Å². The lowest BCUT2D eigenvalue weighted by atomic mass is 10.2. The maximum atomic E-state index is 11.8. The molecule has 0 saturated carbocycles. The molecule has 0 bridgehead atoms. The van der Waals surface area contributed by atoms with Crippen molar-refractivity contribution in [1.82, 2.24) is 10.3 Å². The first-order chi connectivity index (χ1) is 8.29. The Labute approximate surface area is 103 Å². The van der Waals surface area contributed by atoms with Crippen molar-refractivity contribution in [3.05, 3.63) is 52.0 Å². The Balaban J connectivity index is 2.02. The van der Waals surface area contributed by atoms with Crippen molar-refractivity contribution >= 4 is 17.2 Å². The van der Waals surface area contributed by atoms with Gasteiger partial charge in [0.05, 0.1) is 6.54 Å². The van der Waals surface area contributed by atoms with E-state index in [-0.39, 0.29) is 11.6 Å². The predicted molar refractivity (Wildman–Crippen MR) is 64.4 cm³/mol. The summed E-state index contributed by atoms with van der Waals surface area (Å²) in [5.74, 6) is -0.197. The highest BCUT2D eigenvalue weighted by Crippen LogP contribution is 2.08. The summed E-state index contributed by atoms with van der Waals surface area (Å²) in [4.78, 5) is 16.7. The van der Waals surface area contributed by atoms with E-state index in [1.54, 1.807) is 17.4 Å². The second-order valence-electron chi connectivity index (χ2n) is 3.30. The summed E-state index contributed by atoms with van der Waals surface area (Å²) in [5, 5.41) is 13.4. The molecule has 0 aliphatic carbocycles. The number of hydrogen-bond donors (Lipinski definition) is 1. The molecular weight excluding hydrogens is 234 g/mol. The fourth-order valence-corrected chi connectivity index (χ4v) is 1.96. The van der Waals surface area contributed by atoms with Crippen molar-refractivity contribution in [2.45, 2.75) is 6.54 Å². The van der Waals surface area contributed by atoms with Crippen LogP contribution in [0.25, 0.3) is 0 Å². The van der Waals surface area contributed by atoms with Gasteiger partial charge in [0.25, 0.3) is 5.91 Å². The average Bonchev–Trinajstić information content (AvgIpc) is 2.89. The van der Waals surface area contributed by atoms with Crippen molar-refractivity contribution < 1.29 is 4.79 Å². The fourth-order valence-electron chi connectivity index (χ4n) is 1.32. The predicted octanol–water partition coefficient (Wildman–Crippen LogP) is 1.94. The molecule has 0 radical (unpaired) electrons. The van der Waals surface area contributed by atoms with Crippen LogP contribution in [-0.2, 0) is 6.54 Å². The van der Waals surface area contributed by atoms with Gasteiger partial charge in [0.15, 0.2) is 0 Å². The number of thiophene rings is 1. The first-order valence-corrected chi connectivity index (χ1v) is 5.84. The molecule has 4 nitrogen and oxygen atoms in total. The topological polar surface area (TPSA) is 65.8 Å². The van der Waals surface area contributed by atoms with Gasteiger partial charge < -0.3 is 5.32 Å². The van der Waals surface area contributed by atoms with E-state index < -0.39 is 0 Å². The smallest absolute Gasteiger partial charge is 0.251 e. The quantitative estimate of drug-likeness (QED) is 0.896. The molecular formula is C12H9N3OS. The van der Waals surface area contributed by atoms with Gasteiger partial charge in [-0.3, -0.25) is 4.79 Å². The van der Waals surface area contributed by atoms with Crippen LogP contribution in [0.4, 0.5) is 0 Å². The summed E-state index contributed by atoms with van der Waals surface area (Å²) < 4.78 is 0. The van der Waals surface area contributed by atoms with Crippen molar-refractivity contribution in [2.24, 2.45) is 0 Å². The Morgan fingerprint density at radius 2 is 2.41 bits per heavy atom. The molecule has 0 atom stereocenters. The molecule has 84 valence electrons. The van der Waals surface area contributed by atoms with Crippen LogP contribution in [0.1, 0.15) is 20.9 Å². The number of nitrogens with zero attached hydrogens (tertiary/aromatic N) is 2. The molecule has 0 unspecified atom stereocenters. The Kier molecular flexibility index (Phi) is 3.48. The highest BCUT2D eigenvalue weighted by molar-refractivity contribution is 7.09. The Morgan fingerprint density at radius 1 is 1.53 bits per heavy atom. The van der Waals surface area contributed by atoms with E-state index in [9.17, 15) is 4.79 Å². The highest BCUT2D eigenvalue weighted by Gasteiger charge is 2.06. The van der Waals surface area contributed by atoms with E-state index in [1.807, 2.05) is 23.6 Å². The maximum absolute atomic E-state index is 11.8. The van der Waals surface area contributed by atoms with Gasteiger partial charge in [-0.15, -0.1) is 11.3 Å². The third-order valence-corrected chi connectivity index (χ3v) is 3.02. The number of hydrogen-bond acceptors (Lipinski definition) is 4. The van der Waals surface area contributed by atoms with E-state index in [0.717, 1.165) is 4.88 Å². The number of nitriles is 1. The zero-order valence-electron chi connectivity index (χ0n) is 8.88. The summed E-state index contributed by atoms with van der Waals surface area (Å²) in [6, 6.07) is 8.86. The van der Waals surface area contributed by atoms with Crippen molar-refractivity contribution in [3.63, 3.8) is 0 Å². The molecule has 1 N–H and O–H groups in total. The molecule has 2 heterocycles. The largest absolute Gasteiger partial charge is 0.347 e. The minimum absolute atomic E-state index is 0.197. The lowest BCUT2D eigenvalue weighted by molar-refractivity contribution is 0.0951. The Bertz CT molecular complexity index is 557. The first kappa shape index (κ1) is 11.3. The monoisotopic (exact) mass is 243 g/mol. The number of carbonyl (C=O) groups is 1. The number of aromatic nitrogens is 1. The van der Waals surface area contributed by atoms with Gasteiger partial charge in [0, 0.05) is 16.6 Å². The second kappa shape index (κ2) is 5.23. The van der Waals surface area contributed by atoms with Crippen LogP contribution >= 0.6 is 11.3 Å². The standard InChI is InChI=1S/C12H9N3OS/c13-7-10-6-9(3-4-14-10)12(16)15-8-11-2-1-5-17-11/h1-6H,8H2,(H,15,16). The zero-order valence-corrected chi connectivity index (χ0v) is 9.70. The lowest BCUT2D eigenvalue weighted by Crippen LogP contribution is -2.22. The zero-order chi connectivity index (χ0) is 12.1. The molecule has 0 aromatic carbocycles. The molecule has 1 amide bonds. The molecule has 0 spiro atoms. The summed E-state index contributed by atoms with van der Waals surface area (Å²) >= 11 is 1.59. The van der Waals surface area contributed by atoms with Gasteiger partial charge in [-0.1, -0.05) is 6.07 Å². The summed E-state index contributed by atoms with van der Waals surface area (Å²) in [7, 11) is 0. The van der Waals surface area contributed by atoms with Crippen LogP contribution in [0.2, 0.25) is 0 Å². The van der Waals surface area contributed by atoms with E-state index >= 15 is 0 Å². The van der Waals surface area contributed by atoms with Crippen LogP contribution in [0, 0.1) is 11.3 Å². The SMILES string of the molecule is N#Cc1cc(C(=O)NCc2cccs2)ccn1. The molecule has 2 aromatic rings. The van der Waals surface area contributed by atoms with E-state index in [4.69, 9.17) is 5.26 Å². The number of pyridine rings is 1. The van der Waals surface area contributed by atoms with Crippen LogP contribution in [0.3, 0.4) is 0 Å². The molecule has 0 saturated heterocycles. The summed E-state index contributed by atoms with van der Waals surface area (Å²) in [6.07, 6.45) is 1.46. The van der Waals surface area contributed by atoms with Crippen LogP contribution < -0.4 is 5.32 Å². The maximum Gasteiger partial charge on any atom is 0.251 e. The third kappa shape index (κ3) is 2.89. The highest BCUT2D eigenvalue weighted by atomic mass is 32.1. The molecule has 5 heteroatoms. The summed E-state index contributed by atoms with van der Waals surface area (Å²) in [5.41, 5.74) is 0.696. The van der Waals surface area contributed by atoms with E-state index in [1.165, 1.54) is 12.3 Å². The molecule has 17 heavy (non-hydrogen) atoms. The lowest BCUT2D eigenvalue weighted by Gasteiger charge is -2.03. The minimum Gasteiger partial charge on any atom is -0.347 e. The van der Waals surface area contributed by atoms with Gasteiger partial charge in [-0.2, -0.15) is 5.26 Å². The Hall–Kier alpha value is -2.19. The number of amides is 1. The normalized spacial score (nSPS) is 9.59. The minimum atomic E-state index is -0.197. The molecule has 0 aliphatic rings. The van der Waals surface area contributed by atoms with E-state index in [0.29, 0.717) is 12.1 Å². The van der Waals surface area contributed by atoms with Crippen LogP contribution in [0.15, 0.2) is 35.8 Å². The molecule has 2 aromatic heterocycles. The third-order valence-electron chi connectivity index (χ3n) is 2.14. The first-order valence-electron chi connectivity index (χ1n) is 4.96. The van der Waals surface area contributed by atoms with Gasteiger partial charge in [-0.05, 0) is 23.6 Å². The molecule has 0 aliphatic heterocycles. The fraction of sp³-hybridized carbons (Fsp3) is 0.0833. The van der Waals surface area contributed by atoms with Gasteiger partial charge in [0.1, 0.15) is 11.8 Å². The molecule has 2 rings (SSSR count). The van der Waals surface area contributed by atoms with Gasteiger partial charge in [0.2, 0.25) is 0 Å². The van der Waals surface area contributed by atoms with Gasteiger partial charge in [-0.25, -0.2) is 4.98 Å². The van der Waals surface area contributed by atoms with Crippen LogP contribution in [-0.4, -0.2) is 10.9 Å². The van der Waals surface area contributed by atoms with Crippen molar-refractivity contribution in [3.8, 4) is 6.07 Å². The van der Waals surface area contributed by atoms with E-state index in [2.05, 4.69) is 10.3 Å². The van der Waals surface area contributed by atoms with Gasteiger partial charge >= 0.3 is 0 Å². The Morgan fingerprint density at radius 3 is 3.12 bits per heavy atom. The average molecular weight is 243 g/mol. The van der Waals surface area contributed by atoms with Crippen molar-refractivity contribution in [2.75, 3.05) is 0 Å².